The average molecular weight is 271 g/mol. The van der Waals surface area contributed by atoms with Crippen LogP contribution in [0.2, 0.25) is 0 Å². The summed E-state index contributed by atoms with van der Waals surface area (Å²) in [6.45, 7) is 1.29. The second kappa shape index (κ2) is 7.60. The van der Waals surface area contributed by atoms with Crippen molar-refractivity contribution in [1.29, 1.82) is 0 Å². The number of nitrogens with zero attached hydrogens (tertiary/aromatic N) is 1. The third kappa shape index (κ3) is 5.58. The summed E-state index contributed by atoms with van der Waals surface area (Å²) in [7, 11) is 0. The zero-order valence-electron chi connectivity index (χ0n) is 10.9. The van der Waals surface area contributed by atoms with Gasteiger partial charge in [0.1, 0.15) is 6.04 Å². The van der Waals surface area contributed by atoms with E-state index in [1.807, 2.05) is 0 Å². The number of hydrogen-bond donors (Lipinski definition) is 3. The van der Waals surface area contributed by atoms with Gasteiger partial charge in [-0.25, -0.2) is 9.59 Å². The molecule has 1 aliphatic heterocycles. The lowest BCUT2D eigenvalue weighted by Crippen LogP contribution is -2.48. The van der Waals surface area contributed by atoms with Gasteiger partial charge < -0.3 is 21.1 Å². The van der Waals surface area contributed by atoms with E-state index < -0.39 is 17.9 Å². The van der Waals surface area contributed by atoms with Gasteiger partial charge in [-0.3, -0.25) is 4.79 Å². The van der Waals surface area contributed by atoms with E-state index in [4.69, 9.17) is 10.8 Å². The summed E-state index contributed by atoms with van der Waals surface area (Å²) >= 11 is 0. The summed E-state index contributed by atoms with van der Waals surface area (Å²) < 4.78 is 0. The number of nitrogens with one attached hydrogen (secondary N) is 1. The Kier molecular flexibility index (Phi) is 6.11. The van der Waals surface area contributed by atoms with Crippen molar-refractivity contribution >= 4 is 17.9 Å². The minimum atomic E-state index is -1.15. The first-order valence-electron chi connectivity index (χ1n) is 6.57. The lowest BCUT2D eigenvalue weighted by Gasteiger charge is -2.23. The van der Waals surface area contributed by atoms with E-state index in [0.717, 1.165) is 25.7 Å². The van der Waals surface area contributed by atoms with Crippen LogP contribution < -0.4 is 11.1 Å². The molecule has 0 aromatic heterocycles. The molecule has 7 heteroatoms. The molecule has 0 aliphatic carbocycles. The van der Waals surface area contributed by atoms with Crippen LogP contribution in [-0.2, 0) is 9.59 Å². The molecule has 0 saturated carbocycles. The standard InChI is InChI=1S/C12H21N3O4/c13-10(16)6-5-9(11(17)18)14-12(19)15-7-3-1-2-4-8-15/h9H,1-8H2,(H2,13,16)(H,14,19)(H,17,18)/t9-/m1/s1. The molecule has 1 aliphatic rings. The SMILES string of the molecule is NC(=O)CC[C@@H](NC(=O)N1CCCCCC1)C(=O)O. The Bertz CT molecular complexity index is 338. The topological polar surface area (TPSA) is 113 Å². The van der Waals surface area contributed by atoms with E-state index in [0.29, 0.717) is 13.1 Å². The number of likely N-dealkylation sites (tertiary alicyclic amines) is 1. The molecule has 0 bridgehead atoms. The van der Waals surface area contributed by atoms with Gasteiger partial charge in [-0.15, -0.1) is 0 Å². The van der Waals surface area contributed by atoms with Crippen molar-refractivity contribution in [2.45, 2.75) is 44.6 Å². The Morgan fingerprint density at radius 1 is 1.16 bits per heavy atom. The van der Waals surface area contributed by atoms with Crippen molar-refractivity contribution in [3.63, 3.8) is 0 Å². The lowest BCUT2D eigenvalue weighted by molar-refractivity contribution is -0.139. The lowest BCUT2D eigenvalue weighted by atomic mass is 10.1. The van der Waals surface area contributed by atoms with Crippen molar-refractivity contribution in [3.05, 3.63) is 0 Å². The predicted molar refractivity (Wildman–Crippen MR) is 68.4 cm³/mol. The number of nitrogens with two attached hydrogens (primary N) is 1. The summed E-state index contributed by atoms with van der Waals surface area (Å²) in [4.78, 5) is 35.3. The van der Waals surface area contributed by atoms with E-state index in [2.05, 4.69) is 5.32 Å². The van der Waals surface area contributed by atoms with Gasteiger partial charge in [0.25, 0.3) is 0 Å². The van der Waals surface area contributed by atoms with Gasteiger partial charge in [0.05, 0.1) is 0 Å². The Hall–Kier alpha value is -1.79. The largest absolute Gasteiger partial charge is 0.480 e. The van der Waals surface area contributed by atoms with Gasteiger partial charge in [-0.1, -0.05) is 12.8 Å². The van der Waals surface area contributed by atoms with Crippen LogP contribution in [0.25, 0.3) is 0 Å². The number of aliphatic carboxylic acids is 1. The molecular weight excluding hydrogens is 250 g/mol. The van der Waals surface area contributed by atoms with Crippen LogP contribution in [-0.4, -0.2) is 47.0 Å². The quantitative estimate of drug-likeness (QED) is 0.667. The van der Waals surface area contributed by atoms with E-state index in [9.17, 15) is 14.4 Å². The molecule has 0 aromatic rings. The molecule has 1 heterocycles. The number of amides is 3. The van der Waals surface area contributed by atoms with Gasteiger partial charge in [0.2, 0.25) is 5.91 Å². The molecule has 1 fully saturated rings. The van der Waals surface area contributed by atoms with E-state index in [-0.39, 0.29) is 18.9 Å². The zero-order chi connectivity index (χ0) is 14.3. The van der Waals surface area contributed by atoms with Crippen LogP contribution in [0, 0.1) is 0 Å². The average Bonchev–Trinajstić information content (AvgIpc) is 2.62. The van der Waals surface area contributed by atoms with Gasteiger partial charge in [0, 0.05) is 19.5 Å². The van der Waals surface area contributed by atoms with Gasteiger partial charge >= 0.3 is 12.0 Å². The fourth-order valence-electron chi connectivity index (χ4n) is 2.06. The van der Waals surface area contributed by atoms with E-state index in [1.165, 1.54) is 0 Å². The van der Waals surface area contributed by atoms with Crippen molar-refractivity contribution < 1.29 is 19.5 Å². The molecule has 1 rings (SSSR count). The summed E-state index contributed by atoms with van der Waals surface area (Å²) in [6, 6.07) is -1.44. The molecule has 0 unspecified atom stereocenters. The van der Waals surface area contributed by atoms with Crippen LogP contribution in [0.4, 0.5) is 4.79 Å². The van der Waals surface area contributed by atoms with Crippen molar-refractivity contribution in [3.8, 4) is 0 Å². The number of primary amides is 1. The van der Waals surface area contributed by atoms with Crippen LogP contribution in [0.5, 0.6) is 0 Å². The molecule has 0 aromatic carbocycles. The second-order valence-corrected chi connectivity index (χ2v) is 4.75. The third-order valence-electron chi connectivity index (χ3n) is 3.17. The number of carbonyl (C=O) groups excluding carboxylic acids is 2. The number of hydrogen-bond acceptors (Lipinski definition) is 3. The monoisotopic (exact) mass is 271 g/mol. The van der Waals surface area contributed by atoms with Crippen LogP contribution in [0.1, 0.15) is 38.5 Å². The number of carboxylic acid groups (broad SMARTS) is 1. The fourth-order valence-corrected chi connectivity index (χ4v) is 2.06. The molecule has 19 heavy (non-hydrogen) atoms. The Labute approximate surface area is 112 Å². The number of carbonyl (C=O) groups is 3. The highest BCUT2D eigenvalue weighted by Gasteiger charge is 2.23. The molecule has 1 atom stereocenters. The van der Waals surface area contributed by atoms with Crippen LogP contribution >= 0.6 is 0 Å². The molecule has 4 N–H and O–H groups in total. The second-order valence-electron chi connectivity index (χ2n) is 4.75. The summed E-state index contributed by atoms with van der Waals surface area (Å²) in [5.74, 6) is -1.72. The molecular formula is C12H21N3O4. The predicted octanol–water partition coefficient (Wildman–Crippen LogP) is 0.291. The summed E-state index contributed by atoms with van der Waals surface area (Å²) in [5, 5.41) is 11.5. The van der Waals surface area contributed by atoms with Gasteiger partial charge in [-0.2, -0.15) is 0 Å². The maximum absolute atomic E-state index is 11.9. The number of carboxylic acids is 1. The first-order chi connectivity index (χ1) is 9.00. The smallest absolute Gasteiger partial charge is 0.326 e. The van der Waals surface area contributed by atoms with Crippen LogP contribution in [0.3, 0.4) is 0 Å². The summed E-state index contributed by atoms with van der Waals surface area (Å²) in [5.41, 5.74) is 4.98. The third-order valence-corrected chi connectivity index (χ3v) is 3.17. The van der Waals surface area contributed by atoms with Crippen molar-refractivity contribution in [2.75, 3.05) is 13.1 Å². The Morgan fingerprint density at radius 2 is 1.74 bits per heavy atom. The minimum absolute atomic E-state index is 0.0181. The fraction of sp³-hybridized carbons (Fsp3) is 0.750. The Morgan fingerprint density at radius 3 is 2.21 bits per heavy atom. The molecule has 0 radical (unpaired) electrons. The highest BCUT2D eigenvalue weighted by Crippen LogP contribution is 2.10. The maximum Gasteiger partial charge on any atom is 0.326 e. The first kappa shape index (κ1) is 15.3. The Balaban J connectivity index is 2.49. The number of urea groups is 1. The minimum Gasteiger partial charge on any atom is -0.480 e. The maximum atomic E-state index is 11.9. The van der Waals surface area contributed by atoms with Crippen molar-refractivity contribution in [2.24, 2.45) is 5.73 Å². The van der Waals surface area contributed by atoms with E-state index >= 15 is 0 Å². The highest BCUT2D eigenvalue weighted by atomic mass is 16.4. The first-order valence-corrected chi connectivity index (χ1v) is 6.57. The molecule has 108 valence electrons. The van der Waals surface area contributed by atoms with Gasteiger partial charge in [0.15, 0.2) is 0 Å². The molecule has 7 nitrogen and oxygen atoms in total. The zero-order valence-corrected chi connectivity index (χ0v) is 10.9. The summed E-state index contributed by atoms with van der Waals surface area (Å²) in [6.07, 6.45) is 4.02. The van der Waals surface area contributed by atoms with E-state index in [1.54, 1.807) is 4.90 Å². The van der Waals surface area contributed by atoms with Crippen LogP contribution in [0.15, 0.2) is 0 Å². The normalized spacial score (nSPS) is 17.4. The molecule has 1 saturated heterocycles. The highest BCUT2D eigenvalue weighted by molar-refractivity contribution is 5.83. The van der Waals surface area contributed by atoms with Crippen molar-refractivity contribution in [1.82, 2.24) is 10.2 Å². The number of rotatable bonds is 5. The molecule has 3 amide bonds. The molecule has 0 spiro atoms. The van der Waals surface area contributed by atoms with Gasteiger partial charge in [-0.05, 0) is 19.3 Å².